The fourth-order valence-corrected chi connectivity index (χ4v) is 2.15. The lowest BCUT2D eigenvalue weighted by Crippen LogP contribution is -2.31. The number of anilines is 1. The number of carboxylic acid groups (broad SMARTS) is 1. The first-order valence-electron chi connectivity index (χ1n) is 6.62. The topological polar surface area (TPSA) is 78.4 Å². The van der Waals surface area contributed by atoms with E-state index in [0.29, 0.717) is 5.02 Å². The van der Waals surface area contributed by atoms with Gasteiger partial charge in [0, 0.05) is 5.02 Å². The number of carbonyl (C=O) groups is 2. The largest absolute Gasteiger partial charge is 0.478 e. The van der Waals surface area contributed by atoms with E-state index in [9.17, 15) is 9.59 Å². The average Bonchev–Trinajstić information content (AvgIpc) is 2.49. The zero-order chi connectivity index (χ0) is 16.1. The minimum atomic E-state index is -1.16. The van der Waals surface area contributed by atoms with Crippen molar-refractivity contribution in [3.8, 4) is 0 Å². The van der Waals surface area contributed by atoms with Crippen LogP contribution in [0, 0.1) is 0 Å². The van der Waals surface area contributed by atoms with Crippen LogP contribution < -0.4 is 10.6 Å². The van der Waals surface area contributed by atoms with E-state index in [1.165, 1.54) is 18.2 Å². The SMILES string of the molecule is CC(NC(=O)Nc1ccc(Cl)cc1C(=O)O)c1ccccc1. The molecule has 0 aliphatic heterocycles. The summed E-state index contributed by atoms with van der Waals surface area (Å²) in [6, 6.07) is 13.0. The van der Waals surface area contributed by atoms with E-state index in [0.717, 1.165) is 5.56 Å². The zero-order valence-electron chi connectivity index (χ0n) is 11.8. The predicted molar refractivity (Wildman–Crippen MR) is 85.4 cm³/mol. The van der Waals surface area contributed by atoms with Gasteiger partial charge in [-0.3, -0.25) is 0 Å². The Hall–Kier alpha value is -2.53. The third-order valence-electron chi connectivity index (χ3n) is 3.11. The molecule has 2 aromatic rings. The van der Waals surface area contributed by atoms with Gasteiger partial charge in [0.05, 0.1) is 17.3 Å². The van der Waals surface area contributed by atoms with E-state index in [1.807, 2.05) is 37.3 Å². The quantitative estimate of drug-likeness (QED) is 0.799. The number of benzene rings is 2. The van der Waals surface area contributed by atoms with Crippen molar-refractivity contribution >= 4 is 29.3 Å². The van der Waals surface area contributed by atoms with Crippen molar-refractivity contribution in [2.75, 3.05) is 5.32 Å². The highest BCUT2D eigenvalue weighted by atomic mass is 35.5. The maximum atomic E-state index is 12.0. The Morgan fingerprint density at radius 1 is 1.14 bits per heavy atom. The fraction of sp³-hybridized carbons (Fsp3) is 0.125. The van der Waals surface area contributed by atoms with Crippen LogP contribution in [0.5, 0.6) is 0 Å². The number of nitrogens with one attached hydrogen (secondary N) is 2. The van der Waals surface area contributed by atoms with E-state index in [1.54, 1.807) is 0 Å². The summed E-state index contributed by atoms with van der Waals surface area (Å²) in [5, 5.41) is 14.7. The highest BCUT2D eigenvalue weighted by molar-refractivity contribution is 6.31. The van der Waals surface area contributed by atoms with Crippen molar-refractivity contribution in [2.45, 2.75) is 13.0 Å². The van der Waals surface area contributed by atoms with Gasteiger partial charge in [0.1, 0.15) is 0 Å². The van der Waals surface area contributed by atoms with Gasteiger partial charge in [0.2, 0.25) is 0 Å². The highest BCUT2D eigenvalue weighted by Crippen LogP contribution is 2.21. The van der Waals surface area contributed by atoms with Crippen LogP contribution in [0.3, 0.4) is 0 Å². The van der Waals surface area contributed by atoms with Crippen molar-refractivity contribution in [3.63, 3.8) is 0 Å². The zero-order valence-corrected chi connectivity index (χ0v) is 12.6. The summed E-state index contributed by atoms with van der Waals surface area (Å²) in [6.07, 6.45) is 0. The first-order valence-corrected chi connectivity index (χ1v) is 7.00. The Balaban J connectivity index is 2.08. The van der Waals surface area contributed by atoms with Crippen LogP contribution in [-0.2, 0) is 0 Å². The molecule has 2 aromatic carbocycles. The molecule has 2 amide bonds. The van der Waals surface area contributed by atoms with Gasteiger partial charge in [-0.05, 0) is 30.7 Å². The van der Waals surface area contributed by atoms with Crippen molar-refractivity contribution in [2.24, 2.45) is 0 Å². The molecule has 0 aliphatic carbocycles. The van der Waals surface area contributed by atoms with Gasteiger partial charge < -0.3 is 15.7 Å². The van der Waals surface area contributed by atoms with Crippen LogP contribution in [-0.4, -0.2) is 17.1 Å². The fourth-order valence-electron chi connectivity index (χ4n) is 1.98. The Kier molecular flexibility index (Phi) is 5.01. The van der Waals surface area contributed by atoms with Crippen LogP contribution in [0.1, 0.15) is 28.9 Å². The number of carbonyl (C=O) groups excluding carboxylic acids is 1. The number of rotatable bonds is 4. The summed E-state index contributed by atoms with van der Waals surface area (Å²) >= 11 is 5.77. The standard InChI is InChI=1S/C16H15ClN2O3/c1-10(11-5-3-2-4-6-11)18-16(22)19-14-8-7-12(17)9-13(14)15(20)21/h2-10H,1H3,(H,20,21)(H2,18,19,22). The van der Waals surface area contributed by atoms with Crippen molar-refractivity contribution in [3.05, 3.63) is 64.7 Å². The molecule has 1 unspecified atom stereocenters. The lowest BCUT2D eigenvalue weighted by Gasteiger charge is -2.16. The molecule has 0 bridgehead atoms. The lowest BCUT2D eigenvalue weighted by molar-refractivity contribution is 0.0698. The number of hydrogen-bond donors (Lipinski definition) is 3. The van der Waals surface area contributed by atoms with Gasteiger partial charge in [-0.2, -0.15) is 0 Å². The maximum absolute atomic E-state index is 12.0. The van der Waals surface area contributed by atoms with Crippen LogP contribution in [0.2, 0.25) is 5.02 Å². The lowest BCUT2D eigenvalue weighted by atomic mass is 10.1. The molecular formula is C16H15ClN2O3. The number of urea groups is 1. The number of carboxylic acids is 1. The molecule has 0 radical (unpaired) electrons. The average molecular weight is 319 g/mol. The number of aromatic carboxylic acids is 1. The summed E-state index contributed by atoms with van der Waals surface area (Å²) in [6.45, 7) is 1.84. The van der Waals surface area contributed by atoms with Gasteiger partial charge >= 0.3 is 12.0 Å². The molecule has 3 N–H and O–H groups in total. The van der Waals surface area contributed by atoms with E-state index < -0.39 is 12.0 Å². The third-order valence-corrected chi connectivity index (χ3v) is 3.34. The Bertz CT molecular complexity index is 689. The molecule has 0 aromatic heterocycles. The second-order valence-electron chi connectivity index (χ2n) is 4.73. The molecule has 0 saturated heterocycles. The van der Waals surface area contributed by atoms with Gasteiger partial charge in [-0.1, -0.05) is 41.9 Å². The summed E-state index contributed by atoms with van der Waals surface area (Å²) in [5.41, 5.74) is 1.08. The molecule has 0 heterocycles. The number of halogens is 1. The summed E-state index contributed by atoms with van der Waals surface area (Å²) in [5.74, 6) is -1.16. The molecule has 0 fully saturated rings. The van der Waals surface area contributed by atoms with Crippen LogP contribution >= 0.6 is 11.6 Å². The van der Waals surface area contributed by atoms with E-state index in [2.05, 4.69) is 10.6 Å². The van der Waals surface area contributed by atoms with Gasteiger partial charge in [-0.15, -0.1) is 0 Å². The second kappa shape index (κ2) is 6.95. The second-order valence-corrected chi connectivity index (χ2v) is 5.16. The Morgan fingerprint density at radius 3 is 2.45 bits per heavy atom. The van der Waals surface area contributed by atoms with E-state index in [4.69, 9.17) is 16.7 Å². The Labute approximate surface area is 132 Å². The van der Waals surface area contributed by atoms with Gasteiger partial charge in [0.25, 0.3) is 0 Å². The molecule has 0 aliphatic rings. The molecule has 114 valence electrons. The van der Waals surface area contributed by atoms with E-state index >= 15 is 0 Å². The monoisotopic (exact) mass is 318 g/mol. The molecular weight excluding hydrogens is 304 g/mol. The predicted octanol–water partition coefficient (Wildman–Crippen LogP) is 3.92. The van der Waals surface area contributed by atoms with Crippen LogP contribution in [0.4, 0.5) is 10.5 Å². The van der Waals surface area contributed by atoms with Crippen LogP contribution in [0.15, 0.2) is 48.5 Å². The normalized spacial score (nSPS) is 11.5. The van der Waals surface area contributed by atoms with Crippen LogP contribution in [0.25, 0.3) is 0 Å². The smallest absolute Gasteiger partial charge is 0.337 e. The van der Waals surface area contributed by atoms with Crippen molar-refractivity contribution in [1.82, 2.24) is 5.32 Å². The maximum Gasteiger partial charge on any atom is 0.337 e. The van der Waals surface area contributed by atoms with Gasteiger partial charge in [-0.25, -0.2) is 9.59 Å². The minimum Gasteiger partial charge on any atom is -0.478 e. The molecule has 0 spiro atoms. The third kappa shape index (κ3) is 3.99. The van der Waals surface area contributed by atoms with E-state index in [-0.39, 0.29) is 17.3 Å². The highest BCUT2D eigenvalue weighted by Gasteiger charge is 2.14. The number of amides is 2. The van der Waals surface area contributed by atoms with Gasteiger partial charge in [0.15, 0.2) is 0 Å². The molecule has 1 atom stereocenters. The van der Waals surface area contributed by atoms with Crippen molar-refractivity contribution in [1.29, 1.82) is 0 Å². The summed E-state index contributed by atoms with van der Waals surface area (Å²) in [7, 11) is 0. The minimum absolute atomic E-state index is 0.0602. The van der Waals surface area contributed by atoms with Crippen molar-refractivity contribution < 1.29 is 14.7 Å². The summed E-state index contributed by atoms with van der Waals surface area (Å²) < 4.78 is 0. The first-order chi connectivity index (χ1) is 10.5. The first kappa shape index (κ1) is 15.9. The molecule has 2 rings (SSSR count). The molecule has 0 saturated carbocycles. The molecule has 6 heteroatoms. The number of hydrogen-bond acceptors (Lipinski definition) is 2. The molecule has 5 nitrogen and oxygen atoms in total. The Morgan fingerprint density at radius 2 is 1.82 bits per heavy atom. The molecule has 22 heavy (non-hydrogen) atoms. The summed E-state index contributed by atoms with van der Waals surface area (Å²) in [4.78, 5) is 23.2.